The number of sulfonamides is 1. The standard InChI is InChI=1S/C17H17N3O5S/c1-26(23,24)19-13-8-6-12(7-9-13)18-16(21)10-11-20-14-4-2-3-5-15(14)25-17(20)22/h2-9,19H,10-11H2,1H3,(H,18,21). The summed E-state index contributed by atoms with van der Waals surface area (Å²) >= 11 is 0. The number of para-hydroxylation sites is 2. The van der Waals surface area contributed by atoms with Crippen molar-refractivity contribution < 1.29 is 17.6 Å². The van der Waals surface area contributed by atoms with Crippen LogP contribution in [0, 0.1) is 0 Å². The first kappa shape index (κ1) is 17.7. The zero-order valence-corrected chi connectivity index (χ0v) is 14.7. The first-order valence-electron chi connectivity index (χ1n) is 7.78. The van der Waals surface area contributed by atoms with Gasteiger partial charge in [0.15, 0.2) is 5.58 Å². The number of carbonyl (C=O) groups is 1. The van der Waals surface area contributed by atoms with Crippen LogP contribution in [0.4, 0.5) is 11.4 Å². The van der Waals surface area contributed by atoms with E-state index in [1.54, 1.807) is 48.5 Å². The Morgan fingerprint density at radius 2 is 1.73 bits per heavy atom. The fourth-order valence-corrected chi connectivity index (χ4v) is 3.06. The van der Waals surface area contributed by atoms with E-state index in [4.69, 9.17) is 4.42 Å². The predicted octanol–water partition coefficient (Wildman–Crippen LogP) is 1.99. The molecule has 0 saturated carbocycles. The molecule has 0 saturated heterocycles. The number of benzene rings is 2. The number of amides is 1. The molecule has 3 rings (SSSR count). The zero-order chi connectivity index (χ0) is 18.7. The van der Waals surface area contributed by atoms with Gasteiger partial charge in [-0.25, -0.2) is 13.2 Å². The third-order valence-corrected chi connectivity index (χ3v) is 4.21. The molecule has 0 atom stereocenters. The summed E-state index contributed by atoms with van der Waals surface area (Å²) in [6.45, 7) is 0.190. The second-order valence-electron chi connectivity index (χ2n) is 5.74. The van der Waals surface area contributed by atoms with Gasteiger partial charge in [0.25, 0.3) is 0 Å². The number of aryl methyl sites for hydroxylation is 1. The van der Waals surface area contributed by atoms with Gasteiger partial charge in [-0.3, -0.25) is 14.1 Å². The Morgan fingerprint density at radius 1 is 1.08 bits per heavy atom. The van der Waals surface area contributed by atoms with Crippen molar-refractivity contribution in [3.8, 4) is 0 Å². The number of rotatable bonds is 6. The second-order valence-corrected chi connectivity index (χ2v) is 7.49. The summed E-state index contributed by atoms with van der Waals surface area (Å²) in [5, 5.41) is 2.70. The summed E-state index contributed by atoms with van der Waals surface area (Å²) in [6.07, 6.45) is 1.15. The summed E-state index contributed by atoms with van der Waals surface area (Å²) in [4.78, 5) is 24.0. The van der Waals surface area contributed by atoms with Gasteiger partial charge in [0, 0.05) is 24.3 Å². The summed E-state index contributed by atoms with van der Waals surface area (Å²) in [6, 6.07) is 13.3. The lowest BCUT2D eigenvalue weighted by Crippen LogP contribution is -2.19. The Balaban J connectivity index is 1.62. The molecular weight excluding hydrogens is 358 g/mol. The predicted molar refractivity (Wildman–Crippen MR) is 98.6 cm³/mol. The molecule has 0 fully saturated rings. The van der Waals surface area contributed by atoms with Crippen LogP contribution in [0.5, 0.6) is 0 Å². The van der Waals surface area contributed by atoms with E-state index in [2.05, 4.69) is 10.0 Å². The fraction of sp³-hybridized carbons (Fsp3) is 0.176. The van der Waals surface area contributed by atoms with E-state index in [9.17, 15) is 18.0 Å². The number of fused-ring (bicyclic) bond motifs is 1. The van der Waals surface area contributed by atoms with Gasteiger partial charge in [-0.2, -0.15) is 0 Å². The number of nitrogens with zero attached hydrogens (tertiary/aromatic N) is 1. The van der Waals surface area contributed by atoms with Gasteiger partial charge in [-0.1, -0.05) is 12.1 Å². The van der Waals surface area contributed by atoms with Gasteiger partial charge in [0.05, 0.1) is 11.8 Å². The Hall–Kier alpha value is -3.07. The SMILES string of the molecule is CS(=O)(=O)Nc1ccc(NC(=O)CCn2c(=O)oc3ccccc32)cc1. The van der Waals surface area contributed by atoms with Crippen molar-refractivity contribution in [3.05, 3.63) is 59.1 Å². The smallest absolute Gasteiger partial charge is 0.408 e. The van der Waals surface area contributed by atoms with Crippen molar-refractivity contribution in [1.29, 1.82) is 0 Å². The number of nitrogens with one attached hydrogen (secondary N) is 2. The Labute approximate surface area is 149 Å². The van der Waals surface area contributed by atoms with Gasteiger partial charge in [0.1, 0.15) is 0 Å². The molecule has 0 aliphatic rings. The molecule has 0 radical (unpaired) electrons. The van der Waals surface area contributed by atoms with Gasteiger partial charge in [-0.15, -0.1) is 0 Å². The van der Waals surface area contributed by atoms with E-state index in [-0.39, 0.29) is 18.9 Å². The van der Waals surface area contributed by atoms with E-state index in [1.165, 1.54) is 4.57 Å². The van der Waals surface area contributed by atoms with Crippen LogP contribution in [0.15, 0.2) is 57.7 Å². The largest absolute Gasteiger partial charge is 0.419 e. The fourth-order valence-electron chi connectivity index (χ4n) is 2.50. The minimum Gasteiger partial charge on any atom is -0.408 e. The Morgan fingerprint density at radius 3 is 2.42 bits per heavy atom. The lowest BCUT2D eigenvalue weighted by Gasteiger charge is -2.08. The molecule has 2 aromatic carbocycles. The maximum absolute atomic E-state index is 12.1. The molecule has 26 heavy (non-hydrogen) atoms. The quantitative estimate of drug-likeness (QED) is 0.685. The number of oxazole rings is 1. The molecule has 1 heterocycles. The van der Waals surface area contributed by atoms with Gasteiger partial charge in [0.2, 0.25) is 15.9 Å². The highest BCUT2D eigenvalue weighted by Gasteiger charge is 2.10. The van der Waals surface area contributed by atoms with Crippen LogP contribution in [-0.2, 0) is 21.4 Å². The van der Waals surface area contributed by atoms with E-state index in [0.717, 1.165) is 6.26 Å². The van der Waals surface area contributed by atoms with Crippen LogP contribution >= 0.6 is 0 Å². The molecule has 0 aliphatic carbocycles. The van der Waals surface area contributed by atoms with Gasteiger partial charge in [-0.05, 0) is 36.4 Å². The molecule has 2 N–H and O–H groups in total. The lowest BCUT2D eigenvalue weighted by molar-refractivity contribution is -0.116. The van der Waals surface area contributed by atoms with Crippen molar-refractivity contribution in [2.45, 2.75) is 13.0 Å². The van der Waals surface area contributed by atoms with Crippen molar-refractivity contribution in [1.82, 2.24) is 4.57 Å². The highest BCUT2D eigenvalue weighted by atomic mass is 32.2. The van der Waals surface area contributed by atoms with Gasteiger partial charge < -0.3 is 9.73 Å². The number of aromatic nitrogens is 1. The van der Waals surface area contributed by atoms with Crippen molar-refractivity contribution >= 4 is 38.4 Å². The molecule has 0 bridgehead atoms. The van der Waals surface area contributed by atoms with E-state index >= 15 is 0 Å². The summed E-state index contributed by atoms with van der Waals surface area (Å²) in [7, 11) is -3.35. The molecule has 1 amide bonds. The van der Waals surface area contributed by atoms with Crippen molar-refractivity contribution in [2.24, 2.45) is 0 Å². The third-order valence-electron chi connectivity index (χ3n) is 3.61. The Kier molecular flexibility index (Phi) is 4.81. The molecule has 0 unspecified atom stereocenters. The third kappa shape index (κ3) is 4.31. The van der Waals surface area contributed by atoms with Crippen LogP contribution < -0.4 is 15.8 Å². The number of carbonyl (C=O) groups excluding carboxylic acids is 1. The van der Waals surface area contributed by atoms with E-state index in [0.29, 0.717) is 22.5 Å². The minimum absolute atomic E-state index is 0.0901. The second kappa shape index (κ2) is 7.04. The van der Waals surface area contributed by atoms with Crippen molar-refractivity contribution in [2.75, 3.05) is 16.3 Å². The molecule has 3 aromatic rings. The number of hydrogen-bond donors (Lipinski definition) is 2. The van der Waals surface area contributed by atoms with Crippen LogP contribution in [0.2, 0.25) is 0 Å². The monoisotopic (exact) mass is 375 g/mol. The van der Waals surface area contributed by atoms with Crippen LogP contribution in [-0.4, -0.2) is 25.1 Å². The molecule has 8 nitrogen and oxygen atoms in total. The Bertz CT molecular complexity index is 1100. The van der Waals surface area contributed by atoms with Gasteiger partial charge >= 0.3 is 5.76 Å². The molecular formula is C17H17N3O5S. The minimum atomic E-state index is -3.35. The normalized spacial score (nSPS) is 11.4. The van der Waals surface area contributed by atoms with Crippen molar-refractivity contribution in [3.63, 3.8) is 0 Å². The molecule has 136 valence electrons. The number of hydrogen-bond acceptors (Lipinski definition) is 5. The maximum atomic E-state index is 12.1. The first-order chi connectivity index (χ1) is 12.3. The van der Waals surface area contributed by atoms with Crippen LogP contribution in [0.3, 0.4) is 0 Å². The molecule has 1 aromatic heterocycles. The maximum Gasteiger partial charge on any atom is 0.419 e. The van der Waals surface area contributed by atoms with E-state index < -0.39 is 15.8 Å². The molecule has 9 heteroatoms. The first-order valence-corrected chi connectivity index (χ1v) is 9.67. The summed E-state index contributed by atoms with van der Waals surface area (Å²) in [5.41, 5.74) is 2.05. The lowest BCUT2D eigenvalue weighted by atomic mass is 10.2. The summed E-state index contributed by atoms with van der Waals surface area (Å²) in [5.74, 6) is -0.777. The average molecular weight is 375 g/mol. The molecule has 0 spiro atoms. The van der Waals surface area contributed by atoms with E-state index in [1.807, 2.05) is 0 Å². The molecule has 0 aliphatic heterocycles. The highest BCUT2D eigenvalue weighted by molar-refractivity contribution is 7.92. The van der Waals surface area contributed by atoms with Crippen LogP contribution in [0.1, 0.15) is 6.42 Å². The topological polar surface area (TPSA) is 110 Å². The van der Waals surface area contributed by atoms with Crippen LogP contribution in [0.25, 0.3) is 11.1 Å². The summed E-state index contributed by atoms with van der Waals surface area (Å²) < 4.78 is 31.2. The average Bonchev–Trinajstić information content (AvgIpc) is 2.89. The number of anilines is 2. The highest BCUT2D eigenvalue weighted by Crippen LogP contribution is 2.15. The zero-order valence-electron chi connectivity index (χ0n) is 13.9.